The van der Waals surface area contributed by atoms with Gasteiger partial charge in [0.05, 0.1) is 5.54 Å². The maximum Gasteiger partial charge on any atom is 0.333 e. The fraction of sp³-hybridized carbons (Fsp3) is 0.300. The number of unbranched alkanes of at least 4 members (excludes halogenated alkanes) is 2. The van der Waals surface area contributed by atoms with Gasteiger partial charge < -0.3 is 9.71 Å². The van der Waals surface area contributed by atoms with Gasteiger partial charge in [-0.2, -0.15) is 0 Å². The molecule has 2 atom stereocenters. The predicted molar refractivity (Wildman–Crippen MR) is 279 cm³/mol. The van der Waals surface area contributed by atoms with Gasteiger partial charge in [0.15, 0.2) is 0 Å². The number of hydrogen-bond acceptors (Lipinski definition) is 3. The van der Waals surface area contributed by atoms with Gasteiger partial charge in [0.1, 0.15) is 0 Å². The van der Waals surface area contributed by atoms with E-state index in [1.54, 1.807) is 5.56 Å². The lowest BCUT2D eigenvalue weighted by molar-refractivity contribution is 0.195. The van der Waals surface area contributed by atoms with Gasteiger partial charge in [-0.25, -0.2) is 0 Å². The van der Waals surface area contributed by atoms with E-state index < -0.39 is 0 Å². The normalized spacial score (nSPS) is 19.2. The summed E-state index contributed by atoms with van der Waals surface area (Å²) in [6.07, 6.45) is 11.9. The molecule has 4 heteroatoms. The smallest absolute Gasteiger partial charge is 0.333 e. The number of nitrogens with zero attached hydrogens (tertiary/aromatic N) is 2. The first kappa shape index (κ1) is 40.0. The highest BCUT2D eigenvalue weighted by Gasteiger charge is 2.62. The average molecular weight is 851 g/mol. The molecule has 0 radical (unpaired) electrons. The Hall–Kier alpha value is -5.58. The van der Waals surface area contributed by atoms with Crippen molar-refractivity contribution in [3.8, 4) is 33.4 Å². The van der Waals surface area contributed by atoms with E-state index in [-0.39, 0.29) is 17.8 Å². The fourth-order valence-corrected chi connectivity index (χ4v) is 14.2. The van der Waals surface area contributed by atoms with Crippen LogP contribution in [0.2, 0.25) is 0 Å². The Labute approximate surface area is 385 Å². The van der Waals surface area contributed by atoms with Crippen LogP contribution in [-0.2, 0) is 18.3 Å². The largest absolute Gasteiger partial charge is 0.376 e. The highest BCUT2D eigenvalue weighted by Crippen LogP contribution is 2.63. The van der Waals surface area contributed by atoms with Crippen molar-refractivity contribution in [2.75, 3.05) is 9.71 Å². The fourth-order valence-electron chi connectivity index (χ4n) is 13.1. The van der Waals surface area contributed by atoms with Gasteiger partial charge >= 0.3 is 6.85 Å². The zero-order valence-corrected chi connectivity index (χ0v) is 39.4. The number of benzene rings is 7. The van der Waals surface area contributed by atoms with E-state index in [2.05, 4.69) is 179 Å². The van der Waals surface area contributed by atoms with Crippen molar-refractivity contribution in [2.45, 2.75) is 117 Å². The van der Waals surface area contributed by atoms with Crippen LogP contribution in [0, 0.1) is 13.8 Å². The molecule has 4 heterocycles. The van der Waals surface area contributed by atoms with Crippen LogP contribution in [0.4, 0.5) is 22.7 Å². The molecule has 1 aliphatic carbocycles. The SMILES string of the molecule is CCCCc1ccc(N2B3c4cc(CCCC)cc5c4N(c4cc(-c6c(C)cccc6C)cc(c43)-c3c2ccc2sc4ccccc4c32)C2(C)CCCCC52C)c(-c2ccccc2)c1. The monoisotopic (exact) mass is 850 g/mol. The number of aryl methyl sites for hydroxylation is 4. The lowest BCUT2D eigenvalue weighted by Gasteiger charge is -2.53. The van der Waals surface area contributed by atoms with E-state index in [4.69, 9.17) is 0 Å². The van der Waals surface area contributed by atoms with Crippen molar-refractivity contribution >= 4 is 72.0 Å². The van der Waals surface area contributed by atoms with Crippen molar-refractivity contribution in [3.63, 3.8) is 0 Å². The first-order valence-corrected chi connectivity index (χ1v) is 25.2. The first-order valence-electron chi connectivity index (χ1n) is 24.4. The van der Waals surface area contributed by atoms with Crippen LogP contribution in [0.1, 0.15) is 107 Å². The van der Waals surface area contributed by atoms with Gasteiger partial charge in [0, 0.05) is 59.5 Å². The molecule has 0 saturated heterocycles. The Morgan fingerprint density at radius 1 is 0.609 bits per heavy atom. The van der Waals surface area contributed by atoms with E-state index in [9.17, 15) is 0 Å². The lowest BCUT2D eigenvalue weighted by atomic mass is 9.43. The third kappa shape index (κ3) is 5.63. The van der Waals surface area contributed by atoms with Crippen LogP contribution in [0.25, 0.3) is 53.6 Å². The van der Waals surface area contributed by atoms with Gasteiger partial charge in [0.25, 0.3) is 0 Å². The summed E-state index contributed by atoms with van der Waals surface area (Å²) in [5.74, 6) is 0. The highest BCUT2D eigenvalue weighted by molar-refractivity contribution is 7.26. The molecule has 4 aliphatic rings. The summed E-state index contributed by atoms with van der Waals surface area (Å²) in [7, 11) is 0. The quantitative estimate of drug-likeness (QED) is 0.134. The first-order chi connectivity index (χ1) is 31.2. The van der Waals surface area contributed by atoms with Crippen LogP contribution < -0.4 is 20.6 Å². The van der Waals surface area contributed by atoms with Crippen molar-refractivity contribution in [2.24, 2.45) is 0 Å². The van der Waals surface area contributed by atoms with Crippen LogP contribution >= 0.6 is 11.3 Å². The zero-order chi connectivity index (χ0) is 43.5. The van der Waals surface area contributed by atoms with Gasteiger partial charge in [-0.05, 0) is 163 Å². The van der Waals surface area contributed by atoms with Gasteiger partial charge in [-0.15, -0.1) is 11.3 Å². The molecule has 12 rings (SSSR count). The molecule has 64 heavy (non-hydrogen) atoms. The molecule has 2 unspecified atom stereocenters. The summed E-state index contributed by atoms with van der Waals surface area (Å²) in [5.41, 5.74) is 23.7. The molecule has 0 spiro atoms. The highest BCUT2D eigenvalue weighted by atomic mass is 32.1. The van der Waals surface area contributed by atoms with Gasteiger partial charge in [0.2, 0.25) is 0 Å². The number of rotatable bonds is 9. The lowest BCUT2D eigenvalue weighted by Crippen LogP contribution is -2.64. The third-order valence-corrected chi connectivity index (χ3v) is 17.5. The Bertz CT molecular complexity index is 3160. The molecule has 1 aromatic heterocycles. The molecular formula is C60H59BN2S. The number of anilines is 4. The predicted octanol–water partition coefficient (Wildman–Crippen LogP) is 15.7. The minimum Gasteiger partial charge on any atom is -0.376 e. The maximum absolute atomic E-state index is 2.94. The van der Waals surface area contributed by atoms with E-state index in [0.29, 0.717) is 0 Å². The Morgan fingerprint density at radius 3 is 2.14 bits per heavy atom. The van der Waals surface area contributed by atoms with E-state index in [1.807, 2.05) is 11.3 Å². The van der Waals surface area contributed by atoms with E-state index in [0.717, 1.165) is 12.8 Å². The second kappa shape index (κ2) is 15.0. The summed E-state index contributed by atoms with van der Waals surface area (Å²) in [6.45, 7) is 14.5. The average Bonchev–Trinajstić information content (AvgIpc) is 3.79. The Morgan fingerprint density at radius 2 is 1.34 bits per heavy atom. The molecule has 7 aromatic carbocycles. The van der Waals surface area contributed by atoms with Crippen LogP contribution in [0.15, 0.2) is 127 Å². The van der Waals surface area contributed by atoms with Crippen LogP contribution in [0.3, 0.4) is 0 Å². The molecule has 0 bridgehead atoms. The third-order valence-electron chi connectivity index (χ3n) is 16.4. The molecule has 3 aliphatic heterocycles. The Balaban J connectivity index is 1.27. The minimum absolute atomic E-state index is 0.0187. The molecular weight excluding hydrogens is 792 g/mol. The summed E-state index contributed by atoms with van der Waals surface area (Å²) >= 11 is 1.94. The van der Waals surface area contributed by atoms with Crippen molar-refractivity contribution in [3.05, 3.63) is 155 Å². The minimum atomic E-state index is -0.0633. The molecule has 8 aromatic rings. The molecule has 318 valence electrons. The van der Waals surface area contributed by atoms with Crippen molar-refractivity contribution < 1.29 is 0 Å². The molecule has 0 N–H and O–H groups in total. The molecule has 1 fully saturated rings. The standard InChI is InChI=1S/C60H59BN2S/c1-7-9-21-40-27-28-49(45(33-40)42-23-12-11-13-24-42)63-50-29-30-53-56(44-25-14-15-26-52(44)64-53)55(50)46-36-43(54-38(3)19-18-20-39(54)4)37-51-57(46)61(63)48-35-41(22-10-8-2)34-47-58(48)62(51)60(6)32-17-16-31-59(47,60)5/h11-15,18-20,23-30,33-37H,7-10,16-17,21-22,31-32H2,1-6H3. The molecule has 1 saturated carbocycles. The van der Waals surface area contributed by atoms with Crippen LogP contribution in [0.5, 0.6) is 0 Å². The number of fused-ring (bicyclic) bond motifs is 11. The van der Waals surface area contributed by atoms with Gasteiger partial charge in [-0.1, -0.05) is 131 Å². The van der Waals surface area contributed by atoms with Crippen LogP contribution in [-0.4, -0.2) is 12.4 Å². The molecule has 2 nitrogen and oxygen atoms in total. The second-order valence-electron chi connectivity index (χ2n) is 20.1. The van der Waals surface area contributed by atoms with E-state index in [1.165, 1.54) is 161 Å². The summed E-state index contributed by atoms with van der Waals surface area (Å²) < 4.78 is 2.71. The van der Waals surface area contributed by atoms with Gasteiger partial charge in [-0.3, -0.25) is 0 Å². The van der Waals surface area contributed by atoms with Crippen molar-refractivity contribution in [1.29, 1.82) is 0 Å². The topological polar surface area (TPSA) is 6.48 Å². The second-order valence-corrected chi connectivity index (χ2v) is 21.2. The summed E-state index contributed by atoms with van der Waals surface area (Å²) in [6, 6.07) is 50.3. The van der Waals surface area contributed by atoms with Crippen molar-refractivity contribution in [1.82, 2.24) is 0 Å². The summed E-state index contributed by atoms with van der Waals surface area (Å²) in [4.78, 5) is 5.77. The number of thiophene rings is 1. The number of hydrogen-bond donors (Lipinski definition) is 0. The Kier molecular flexibility index (Phi) is 9.36. The zero-order valence-electron chi connectivity index (χ0n) is 38.6. The van der Waals surface area contributed by atoms with E-state index >= 15 is 0 Å². The summed E-state index contributed by atoms with van der Waals surface area (Å²) in [5, 5.41) is 2.75. The maximum atomic E-state index is 2.94. The molecule has 0 amide bonds.